The number of rotatable bonds is 9. The van der Waals surface area contributed by atoms with Crippen LogP contribution < -0.4 is 10.6 Å². The van der Waals surface area contributed by atoms with E-state index in [2.05, 4.69) is 20.8 Å². The van der Waals surface area contributed by atoms with Crippen LogP contribution in [0, 0.1) is 0 Å². The molecule has 0 unspecified atom stereocenters. The minimum absolute atomic E-state index is 0.0937. The standard InChI is InChI=1S/C21H27N5O5S3/c27-18(22-13-16-5-4-12-31-16)14-32-21-25-24-20(33-21)23-19(28)15-6-8-17(9-7-15)34(29,30)26-10-2-1-3-11-26/h6-9,16H,1-5,10-14H2,(H,22,27)(H,23,24,28)/t16-/m0/s1. The lowest BCUT2D eigenvalue weighted by atomic mass is 10.2. The first-order valence-corrected chi connectivity index (χ1v) is 14.4. The second-order valence-corrected chi connectivity index (χ2v) is 12.2. The Morgan fingerprint density at radius 3 is 2.59 bits per heavy atom. The molecule has 1 atom stereocenters. The molecule has 0 saturated carbocycles. The highest BCUT2D eigenvalue weighted by molar-refractivity contribution is 8.01. The molecule has 0 radical (unpaired) electrons. The van der Waals surface area contributed by atoms with Crippen molar-refractivity contribution in [3.63, 3.8) is 0 Å². The van der Waals surface area contributed by atoms with Crippen molar-refractivity contribution in [2.75, 3.05) is 37.3 Å². The zero-order valence-electron chi connectivity index (χ0n) is 18.6. The van der Waals surface area contributed by atoms with Crippen molar-refractivity contribution in [1.29, 1.82) is 0 Å². The Morgan fingerprint density at radius 2 is 1.88 bits per heavy atom. The van der Waals surface area contributed by atoms with Crippen LogP contribution in [0.25, 0.3) is 0 Å². The molecule has 2 aromatic rings. The number of hydrogen-bond acceptors (Lipinski definition) is 9. The van der Waals surface area contributed by atoms with Gasteiger partial charge in [-0.15, -0.1) is 10.2 Å². The van der Waals surface area contributed by atoms with Gasteiger partial charge in [-0.2, -0.15) is 4.31 Å². The molecule has 184 valence electrons. The van der Waals surface area contributed by atoms with Gasteiger partial charge in [0.15, 0.2) is 4.34 Å². The number of ether oxygens (including phenoxy) is 1. The Hall–Kier alpha value is -2.06. The van der Waals surface area contributed by atoms with E-state index in [1.807, 2.05) is 0 Å². The number of piperidine rings is 1. The average molecular weight is 526 g/mol. The molecular weight excluding hydrogens is 498 g/mol. The van der Waals surface area contributed by atoms with Crippen LogP contribution in [-0.2, 0) is 19.6 Å². The van der Waals surface area contributed by atoms with E-state index in [1.165, 1.54) is 51.7 Å². The summed E-state index contributed by atoms with van der Waals surface area (Å²) in [7, 11) is -3.54. The Morgan fingerprint density at radius 1 is 1.12 bits per heavy atom. The minimum Gasteiger partial charge on any atom is -0.376 e. The zero-order chi connectivity index (χ0) is 24.0. The lowest BCUT2D eigenvalue weighted by Crippen LogP contribution is -2.35. The van der Waals surface area contributed by atoms with Crippen molar-refractivity contribution >= 4 is 50.1 Å². The molecule has 13 heteroatoms. The van der Waals surface area contributed by atoms with Crippen LogP contribution >= 0.6 is 23.1 Å². The third-order valence-electron chi connectivity index (χ3n) is 5.57. The zero-order valence-corrected chi connectivity index (χ0v) is 21.0. The van der Waals surface area contributed by atoms with E-state index in [-0.39, 0.29) is 22.7 Å². The number of carbonyl (C=O) groups excluding carboxylic acids is 2. The highest BCUT2D eigenvalue weighted by Crippen LogP contribution is 2.26. The van der Waals surface area contributed by atoms with Gasteiger partial charge < -0.3 is 10.1 Å². The van der Waals surface area contributed by atoms with Crippen LogP contribution in [0.15, 0.2) is 33.5 Å². The molecule has 1 aromatic heterocycles. The van der Waals surface area contributed by atoms with Crippen molar-refractivity contribution in [3.05, 3.63) is 29.8 Å². The molecule has 1 aromatic carbocycles. The lowest BCUT2D eigenvalue weighted by molar-refractivity contribution is -0.119. The largest absolute Gasteiger partial charge is 0.376 e. The van der Waals surface area contributed by atoms with Crippen LogP contribution in [0.2, 0.25) is 0 Å². The number of sulfonamides is 1. The van der Waals surface area contributed by atoms with E-state index in [9.17, 15) is 18.0 Å². The van der Waals surface area contributed by atoms with Crippen molar-refractivity contribution in [2.45, 2.75) is 47.4 Å². The molecule has 2 aliphatic heterocycles. The third-order valence-corrected chi connectivity index (χ3v) is 9.46. The smallest absolute Gasteiger partial charge is 0.257 e. The Kier molecular flexibility index (Phi) is 8.53. The Balaban J connectivity index is 1.26. The molecule has 2 fully saturated rings. The number of amides is 2. The number of thioether (sulfide) groups is 1. The maximum atomic E-state index is 12.8. The normalized spacial score (nSPS) is 19.1. The fourth-order valence-electron chi connectivity index (χ4n) is 3.73. The van der Waals surface area contributed by atoms with Crippen LogP contribution in [0.4, 0.5) is 5.13 Å². The summed E-state index contributed by atoms with van der Waals surface area (Å²) in [5, 5.41) is 13.8. The lowest BCUT2D eigenvalue weighted by Gasteiger charge is -2.25. The highest BCUT2D eigenvalue weighted by atomic mass is 32.2. The van der Waals surface area contributed by atoms with Crippen molar-refractivity contribution in [2.24, 2.45) is 0 Å². The summed E-state index contributed by atoms with van der Waals surface area (Å²) in [4.78, 5) is 24.7. The van der Waals surface area contributed by atoms with Gasteiger partial charge in [0.05, 0.1) is 16.8 Å². The number of carbonyl (C=O) groups is 2. The van der Waals surface area contributed by atoms with Crippen LogP contribution in [0.1, 0.15) is 42.5 Å². The van der Waals surface area contributed by atoms with Gasteiger partial charge in [-0.05, 0) is 49.9 Å². The van der Waals surface area contributed by atoms with Crippen molar-refractivity contribution in [1.82, 2.24) is 19.8 Å². The number of hydrogen-bond donors (Lipinski definition) is 2. The molecule has 4 rings (SSSR count). The molecule has 0 spiro atoms. The van der Waals surface area contributed by atoms with Crippen LogP contribution in [0.5, 0.6) is 0 Å². The van der Waals surface area contributed by atoms with E-state index in [0.29, 0.717) is 34.7 Å². The summed E-state index contributed by atoms with van der Waals surface area (Å²) in [6.45, 7) is 2.31. The number of nitrogens with one attached hydrogen (secondary N) is 2. The monoisotopic (exact) mass is 525 g/mol. The summed E-state index contributed by atoms with van der Waals surface area (Å²) in [6, 6.07) is 5.88. The Labute approximate surface area is 206 Å². The predicted octanol–water partition coefficient (Wildman–Crippen LogP) is 2.35. The molecule has 0 aliphatic carbocycles. The molecule has 2 amide bonds. The maximum absolute atomic E-state index is 12.8. The van der Waals surface area contributed by atoms with E-state index in [0.717, 1.165) is 38.7 Å². The fourth-order valence-corrected chi connectivity index (χ4v) is 6.83. The van der Waals surface area contributed by atoms with Gasteiger partial charge in [0, 0.05) is 31.8 Å². The van der Waals surface area contributed by atoms with Crippen LogP contribution in [0.3, 0.4) is 0 Å². The first kappa shape index (κ1) is 25.0. The van der Waals surface area contributed by atoms with E-state index < -0.39 is 15.9 Å². The summed E-state index contributed by atoms with van der Waals surface area (Å²) in [5.74, 6) is -0.327. The summed E-state index contributed by atoms with van der Waals surface area (Å²) in [6.07, 6.45) is 4.85. The average Bonchev–Trinajstić information content (AvgIpc) is 3.54. The topological polar surface area (TPSA) is 131 Å². The summed E-state index contributed by atoms with van der Waals surface area (Å²) < 4.78 is 33.0. The first-order chi connectivity index (χ1) is 16.4. The summed E-state index contributed by atoms with van der Waals surface area (Å²) in [5.41, 5.74) is 0.315. The van der Waals surface area contributed by atoms with Gasteiger partial charge in [-0.3, -0.25) is 14.9 Å². The molecule has 10 nitrogen and oxygen atoms in total. The molecular formula is C21H27N5O5S3. The molecule has 2 saturated heterocycles. The minimum atomic E-state index is -3.54. The van der Waals surface area contributed by atoms with Crippen molar-refractivity contribution in [3.8, 4) is 0 Å². The van der Waals surface area contributed by atoms with Gasteiger partial charge >= 0.3 is 0 Å². The van der Waals surface area contributed by atoms with Crippen molar-refractivity contribution < 1.29 is 22.7 Å². The highest BCUT2D eigenvalue weighted by Gasteiger charge is 2.26. The molecule has 2 N–H and O–H groups in total. The Bertz CT molecular complexity index is 1090. The fraction of sp³-hybridized carbons (Fsp3) is 0.524. The van der Waals surface area contributed by atoms with E-state index in [1.54, 1.807) is 0 Å². The summed E-state index contributed by atoms with van der Waals surface area (Å²) >= 11 is 2.41. The molecule has 2 aliphatic rings. The maximum Gasteiger partial charge on any atom is 0.257 e. The SMILES string of the molecule is O=C(CSc1nnc(NC(=O)c2ccc(S(=O)(=O)N3CCCCC3)cc2)s1)NC[C@@H]1CCCO1. The number of aromatic nitrogens is 2. The number of anilines is 1. The van der Waals surface area contributed by atoms with Crippen LogP contribution in [-0.4, -0.2) is 72.8 Å². The van der Waals surface area contributed by atoms with E-state index in [4.69, 9.17) is 4.74 Å². The number of benzene rings is 1. The second kappa shape index (κ2) is 11.6. The van der Waals surface area contributed by atoms with Gasteiger partial charge in [-0.1, -0.05) is 29.5 Å². The van der Waals surface area contributed by atoms with Gasteiger partial charge in [-0.25, -0.2) is 8.42 Å². The second-order valence-electron chi connectivity index (χ2n) is 8.04. The molecule has 3 heterocycles. The first-order valence-electron chi connectivity index (χ1n) is 11.2. The van der Waals surface area contributed by atoms with Gasteiger partial charge in [0.2, 0.25) is 21.1 Å². The number of nitrogens with zero attached hydrogens (tertiary/aromatic N) is 3. The van der Waals surface area contributed by atoms with Gasteiger partial charge in [0.1, 0.15) is 0 Å². The molecule has 0 bridgehead atoms. The molecule has 34 heavy (non-hydrogen) atoms. The van der Waals surface area contributed by atoms with Gasteiger partial charge in [0.25, 0.3) is 5.91 Å². The quantitative estimate of drug-likeness (QED) is 0.377. The van der Waals surface area contributed by atoms with E-state index >= 15 is 0 Å². The third kappa shape index (κ3) is 6.54. The predicted molar refractivity (Wildman–Crippen MR) is 130 cm³/mol.